The number of carbonyl (C=O) groups excluding carboxylic acids is 1. The van der Waals surface area contributed by atoms with Crippen LogP contribution in [0.1, 0.15) is 41.1 Å². The Kier molecular flexibility index (Phi) is 7.17. The van der Waals surface area contributed by atoms with Gasteiger partial charge in [-0.15, -0.1) is 0 Å². The molecule has 0 bridgehead atoms. The number of amides is 1. The number of hydrogen-bond acceptors (Lipinski definition) is 11. The summed E-state index contributed by atoms with van der Waals surface area (Å²) in [6, 6.07) is 8.74. The molecule has 0 radical (unpaired) electrons. The smallest absolute Gasteiger partial charge is 0.257 e. The van der Waals surface area contributed by atoms with Crippen molar-refractivity contribution in [2.24, 2.45) is 0 Å². The second kappa shape index (κ2) is 10.8. The SMILES string of the molecule is CC[C@@H](Nc1nsnc1Nc1cccc(C(=O)N2CCN(c3ncccn3)CC2)c1O)c1cc(C)co1. The van der Waals surface area contributed by atoms with E-state index in [-0.39, 0.29) is 23.3 Å². The van der Waals surface area contributed by atoms with Crippen LogP contribution in [0.25, 0.3) is 0 Å². The fourth-order valence-corrected chi connectivity index (χ4v) is 4.70. The molecule has 1 atom stereocenters. The monoisotopic (exact) mass is 520 g/mol. The molecule has 1 aromatic carbocycles. The molecule has 0 unspecified atom stereocenters. The number of hydrogen-bond donors (Lipinski definition) is 3. The average molecular weight is 521 g/mol. The van der Waals surface area contributed by atoms with Crippen molar-refractivity contribution in [3.63, 3.8) is 0 Å². The largest absolute Gasteiger partial charge is 0.505 e. The fourth-order valence-electron chi connectivity index (χ4n) is 4.22. The number of nitrogens with one attached hydrogen (secondary N) is 2. The summed E-state index contributed by atoms with van der Waals surface area (Å²) in [5, 5.41) is 17.5. The first-order valence-corrected chi connectivity index (χ1v) is 12.8. The van der Waals surface area contributed by atoms with Crippen LogP contribution < -0.4 is 15.5 Å². The molecule has 3 N–H and O–H groups in total. The van der Waals surface area contributed by atoms with Crippen molar-refractivity contribution in [3.8, 4) is 5.75 Å². The van der Waals surface area contributed by atoms with Gasteiger partial charge < -0.3 is 30.0 Å². The highest BCUT2D eigenvalue weighted by atomic mass is 32.1. The number of rotatable bonds is 8. The molecule has 1 saturated heterocycles. The summed E-state index contributed by atoms with van der Waals surface area (Å²) in [6.45, 7) is 6.26. The van der Waals surface area contributed by atoms with Gasteiger partial charge in [0, 0.05) is 38.6 Å². The van der Waals surface area contributed by atoms with Crippen molar-refractivity contribution in [2.75, 3.05) is 41.7 Å². The number of phenolic OH excluding ortho intramolecular Hbond substituents is 1. The van der Waals surface area contributed by atoms with E-state index >= 15 is 0 Å². The molecule has 0 spiro atoms. The molecule has 5 rings (SSSR count). The fraction of sp³-hybridized carbons (Fsp3) is 0.320. The number of aryl methyl sites for hydroxylation is 1. The van der Waals surface area contributed by atoms with Crippen LogP contribution in [0.15, 0.2) is 53.4 Å². The Balaban J connectivity index is 1.27. The molecule has 0 saturated carbocycles. The zero-order valence-electron chi connectivity index (χ0n) is 20.6. The van der Waals surface area contributed by atoms with Crippen LogP contribution in [-0.2, 0) is 0 Å². The maximum atomic E-state index is 13.3. The lowest BCUT2D eigenvalue weighted by atomic mass is 10.1. The predicted octanol–water partition coefficient (Wildman–Crippen LogP) is 4.20. The first-order valence-electron chi connectivity index (χ1n) is 12.1. The average Bonchev–Trinajstić information content (AvgIpc) is 3.57. The van der Waals surface area contributed by atoms with E-state index in [1.165, 1.54) is 0 Å². The standard InChI is InChI=1S/C25H28N8O3S/c1-3-18(20-14-16(2)15-36-20)28-22-23(31-37-30-22)29-19-7-4-6-17(21(19)34)24(35)32-10-12-33(13-11-32)25-26-8-5-9-27-25/h4-9,14-15,18,34H,3,10-13H2,1-2H3,(H,28,30)(H,29,31)/t18-/m1/s1. The van der Waals surface area contributed by atoms with E-state index in [0.29, 0.717) is 49.5 Å². The Morgan fingerprint density at radius 1 is 1.14 bits per heavy atom. The van der Waals surface area contributed by atoms with Crippen molar-refractivity contribution in [1.82, 2.24) is 23.6 Å². The molecule has 12 heteroatoms. The van der Waals surface area contributed by atoms with Gasteiger partial charge >= 0.3 is 0 Å². The second-order valence-electron chi connectivity index (χ2n) is 8.75. The number of phenols is 1. The summed E-state index contributed by atoms with van der Waals surface area (Å²) in [4.78, 5) is 25.6. The zero-order chi connectivity index (χ0) is 25.8. The molecule has 4 heterocycles. The van der Waals surface area contributed by atoms with Crippen LogP contribution in [-0.4, -0.2) is 60.8 Å². The highest BCUT2D eigenvalue weighted by molar-refractivity contribution is 6.99. The van der Waals surface area contributed by atoms with E-state index < -0.39 is 0 Å². The molecular formula is C25H28N8O3S. The summed E-state index contributed by atoms with van der Waals surface area (Å²) in [5.74, 6) is 2.10. The van der Waals surface area contributed by atoms with Gasteiger partial charge in [-0.25, -0.2) is 9.97 Å². The molecule has 11 nitrogen and oxygen atoms in total. The number of nitrogens with zero attached hydrogens (tertiary/aromatic N) is 6. The van der Waals surface area contributed by atoms with Gasteiger partial charge in [0.15, 0.2) is 17.4 Å². The van der Waals surface area contributed by atoms with Crippen LogP contribution in [0.3, 0.4) is 0 Å². The van der Waals surface area contributed by atoms with Crippen molar-refractivity contribution < 1.29 is 14.3 Å². The van der Waals surface area contributed by atoms with Crippen LogP contribution in [0, 0.1) is 6.92 Å². The van der Waals surface area contributed by atoms with Gasteiger partial charge in [-0.1, -0.05) is 13.0 Å². The highest BCUT2D eigenvalue weighted by Crippen LogP contribution is 2.34. The Labute approximate surface area is 218 Å². The lowest BCUT2D eigenvalue weighted by Crippen LogP contribution is -2.49. The number of para-hydroxylation sites is 1. The molecule has 1 aliphatic heterocycles. The minimum absolute atomic E-state index is 0.0837. The molecule has 1 fully saturated rings. The topological polar surface area (TPSA) is 133 Å². The summed E-state index contributed by atoms with van der Waals surface area (Å²) >= 11 is 1.05. The van der Waals surface area contributed by atoms with Gasteiger partial charge in [-0.2, -0.15) is 8.75 Å². The molecule has 1 aliphatic rings. The van der Waals surface area contributed by atoms with Gasteiger partial charge in [0.05, 0.1) is 35.3 Å². The third-order valence-electron chi connectivity index (χ3n) is 6.22. The second-order valence-corrected chi connectivity index (χ2v) is 9.28. The maximum absolute atomic E-state index is 13.3. The number of aromatic hydroxyl groups is 1. The number of piperazine rings is 1. The third kappa shape index (κ3) is 5.33. The van der Waals surface area contributed by atoms with Crippen molar-refractivity contribution in [3.05, 3.63) is 65.9 Å². The molecule has 0 aliphatic carbocycles. The summed E-state index contributed by atoms with van der Waals surface area (Å²) < 4.78 is 14.4. The van der Waals surface area contributed by atoms with E-state index in [1.54, 1.807) is 47.8 Å². The van der Waals surface area contributed by atoms with Gasteiger partial charge in [0.2, 0.25) is 5.95 Å². The lowest BCUT2D eigenvalue weighted by Gasteiger charge is -2.34. The van der Waals surface area contributed by atoms with Crippen LogP contribution in [0.2, 0.25) is 0 Å². The van der Waals surface area contributed by atoms with Crippen LogP contribution in [0.5, 0.6) is 5.75 Å². The summed E-state index contributed by atoms with van der Waals surface area (Å²) in [6.07, 6.45) is 5.90. The molecule has 4 aromatic rings. The predicted molar refractivity (Wildman–Crippen MR) is 142 cm³/mol. The van der Waals surface area contributed by atoms with Gasteiger partial charge in [-0.3, -0.25) is 4.79 Å². The molecule has 1 amide bonds. The van der Waals surface area contributed by atoms with Gasteiger partial charge in [-0.05, 0) is 43.2 Å². The minimum atomic E-state index is -0.233. The van der Waals surface area contributed by atoms with E-state index in [4.69, 9.17) is 4.42 Å². The Hall–Kier alpha value is -4.19. The lowest BCUT2D eigenvalue weighted by molar-refractivity contribution is 0.0743. The first kappa shape index (κ1) is 24.5. The van der Waals surface area contributed by atoms with E-state index in [9.17, 15) is 9.90 Å². The Morgan fingerprint density at radius 2 is 1.89 bits per heavy atom. The van der Waals surface area contributed by atoms with Gasteiger partial charge in [0.1, 0.15) is 5.76 Å². The molecule has 192 valence electrons. The van der Waals surface area contributed by atoms with Crippen LogP contribution >= 0.6 is 11.7 Å². The number of benzene rings is 1. The highest BCUT2D eigenvalue weighted by Gasteiger charge is 2.26. The van der Waals surface area contributed by atoms with Gasteiger partial charge in [0.25, 0.3) is 5.91 Å². The third-order valence-corrected chi connectivity index (χ3v) is 6.75. The Bertz CT molecular complexity index is 1350. The minimum Gasteiger partial charge on any atom is -0.505 e. The van der Waals surface area contributed by atoms with Crippen molar-refractivity contribution >= 4 is 40.9 Å². The zero-order valence-corrected chi connectivity index (χ0v) is 21.4. The first-order chi connectivity index (χ1) is 18.0. The molecule has 37 heavy (non-hydrogen) atoms. The normalized spacial score (nSPS) is 14.4. The maximum Gasteiger partial charge on any atom is 0.257 e. The quantitative estimate of drug-likeness (QED) is 0.290. The number of anilines is 4. The molecule has 3 aromatic heterocycles. The van der Waals surface area contributed by atoms with E-state index in [0.717, 1.165) is 29.5 Å². The van der Waals surface area contributed by atoms with Crippen molar-refractivity contribution in [1.29, 1.82) is 0 Å². The number of furan rings is 1. The number of carbonyl (C=O) groups is 1. The number of aromatic nitrogens is 4. The summed E-state index contributed by atoms with van der Waals surface area (Å²) in [5.41, 5.74) is 1.65. The van der Waals surface area contributed by atoms with E-state index in [2.05, 4.69) is 36.3 Å². The van der Waals surface area contributed by atoms with E-state index in [1.807, 2.05) is 17.9 Å². The van der Waals surface area contributed by atoms with Crippen molar-refractivity contribution in [2.45, 2.75) is 26.3 Å². The Morgan fingerprint density at radius 3 is 2.59 bits per heavy atom. The summed E-state index contributed by atoms with van der Waals surface area (Å²) in [7, 11) is 0. The van der Waals surface area contributed by atoms with Crippen LogP contribution in [0.4, 0.5) is 23.3 Å². The molecular weight excluding hydrogens is 492 g/mol.